The summed E-state index contributed by atoms with van der Waals surface area (Å²) < 4.78 is 1.22. The van der Waals surface area contributed by atoms with Crippen LogP contribution in [0.4, 0.5) is 5.82 Å². The molecular formula is C29H34N6O. The highest BCUT2D eigenvalue weighted by atomic mass is 16.1. The van der Waals surface area contributed by atoms with Crippen molar-refractivity contribution in [1.29, 1.82) is 0 Å². The van der Waals surface area contributed by atoms with Crippen LogP contribution in [0.3, 0.4) is 0 Å². The van der Waals surface area contributed by atoms with Gasteiger partial charge in [-0.3, -0.25) is 9.69 Å². The van der Waals surface area contributed by atoms with E-state index in [0.717, 1.165) is 63.0 Å². The van der Waals surface area contributed by atoms with E-state index in [1.54, 1.807) is 6.07 Å². The molecule has 2 N–H and O–H groups in total. The molecule has 0 atom stereocenters. The minimum Gasteiger partial charge on any atom is -0.354 e. The first kappa shape index (κ1) is 23.0. The van der Waals surface area contributed by atoms with Crippen LogP contribution < -0.4 is 16.3 Å². The highest BCUT2D eigenvalue weighted by molar-refractivity contribution is 5.86. The van der Waals surface area contributed by atoms with Crippen LogP contribution in [0.15, 0.2) is 53.3 Å². The quantitative estimate of drug-likeness (QED) is 0.334. The first-order chi connectivity index (χ1) is 17.7. The van der Waals surface area contributed by atoms with Crippen molar-refractivity contribution in [3.8, 4) is 0 Å². The van der Waals surface area contributed by atoms with Crippen LogP contribution in [-0.2, 0) is 19.3 Å². The van der Waals surface area contributed by atoms with Gasteiger partial charge in [0.25, 0.3) is 5.56 Å². The molecule has 0 radical (unpaired) electrons. The molecule has 1 aliphatic heterocycles. The summed E-state index contributed by atoms with van der Waals surface area (Å²) in [7, 11) is 0. The van der Waals surface area contributed by atoms with Crippen LogP contribution in [0.1, 0.15) is 42.6 Å². The van der Waals surface area contributed by atoms with E-state index in [1.807, 2.05) is 18.2 Å². The topological polar surface area (TPSA) is 80.3 Å². The molecule has 7 nitrogen and oxygen atoms in total. The van der Waals surface area contributed by atoms with Gasteiger partial charge in [-0.25, -0.2) is 14.6 Å². The zero-order valence-electron chi connectivity index (χ0n) is 20.8. The Kier molecular flexibility index (Phi) is 6.32. The van der Waals surface area contributed by atoms with Crippen molar-refractivity contribution in [2.45, 2.75) is 44.9 Å². The molecule has 2 aromatic heterocycles. The molecule has 2 aliphatic rings. The zero-order valence-corrected chi connectivity index (χ0v) is 20.8. The fourth-order valence-electron chi connectivity index (χ4n) is 5.89. The van der Waals surface area contributed by atoms with Gasteiger partial charge in [-0.05, 0) is 74.4 Å². The van der Waals surface area contributed by atoms with E-state index < -0.39 is 0 Å². The van der Waals surface area contributed by atoms with Gasteiger partial charge in [0.1, 0.15) is 11.6 Å². The summed E-state index contributed by atoms with van der Waals surface area (Å²) >= 11 is 0. The Morgan fingerprint density at radius 1 is 0.778 bits per heavy atom. The molecule has 3 heterocycles. The number of nitrogens with two attached hydrogens (primary N) is 1. The number of rotatable bonds is 6. The number of hydrogen-bond donors (Lipinski definition) is 1. The second kappa shape index (κ2) is 9.90. The molecule has 0 bridgehead atoms. The largest absolute Gasteiger partial charge is 0.354 e. The van der Waals surface area contributed by atoms with Gasteiger partial charge in [0.15, 0.2) is 0 Å². The van der Waals surface area contributed by atoms with Gasteiger partial charge in [0, 0.05) is 38.0 Å². The number of nitrogen functional groups attached to an aromatic ring is 1. The molecule has 0 amide bonds. The van der Waals surface area contributed by atoms with Crippen LogP contribution in [-0.4, -0.2) is 52.3 Å². The normalized spacial score (nSPS) is 16.5. The highest BCUT2D eigenvalue weighted by Crippen LogP contribution is 2.34. The summed E-state index contributed by atoms with van der Waals surface area (Å²) in [4.78, 5) is 27.4. The minimum atomic E-state index is -0.170. The second-order valence-corrected chi connectivity index (χ2v) is 10.1. The average molecular weight is 483 g/mol. The lowest BCUT2D eigenvalue weighted by atomic mass is 9.89. The SMILES string of the molecule is Nn1c(CCCCN2CCN(c3nc4ccccc4c4c3CCCC4)CC2)nc2ccccc2c1=O. The van der Waals surface area contributed by atoms with E-state index in [4.69, 9.17) is 10.8 Å². The van der Waals surface area contributed by atoms with Crippen LogP contribution in [0.2, 0.25) is 0 Å². The van der Waals surface area contributed by atoms with Gasteiger partial charge in [0.2, 0.25) is 0 Å². The third-order valence-corrected chi connectivity index (χ3v) is 7.87. The third-order valence-electron chi connectivity index (χ3n) is 7.87. The number of pyridine rings is 1. The molecule has 2 aromatic carbocycles. The van der Waals surface area contributed by atoms with Crippen LogP contribution in [0, 0.1) is 0 Å². The summed E-state index contributed by atoms with van der Waals surface area (Å²) in [6.07, 6.45) is 7.61. The van der Waals surface area contributed by atoms with E-state index in [2.05, 4.69) is 39.0 Å². The Morgan fingerprint density at radius 3 is 2.22 bits per heavy atom. The van der Waals surface area contributed by atoms with Crippen molar-refractivity contribution >= 4 is 27.6 Å². The van der Waals surface area contributed by atoms with Crippen molar-refractivity contribution in [3.05, 3.63) is 75.8 Å². The summed E-state index contributed by atoms with van der Waals surface area (Å²) in [6.45, 7) is 5.20. The van der Waals surface area contributed by atoms with Crippen molar-refractivity contribution in [1.82, 2.24) is 19.5 Å². The minimum absolute atomic E-state index is 0.170. The molecule has 1 fully saturated rings. The Labute approximate surface area is 211 Å². The van der Waals surface area contributed by atoms with Gasteiger partial charge in [-0.15, -0.1) is 0 Å². The molecular weight excluding hydrogens is 448 g/mol. The van der Waals surface area contributed by atoms with Gasteiger partial charge in [-0.1, -0.05) is 30.3 Å². The average Bonchev–Trinajstić information content (AvgIpc) is 2.93. The maximum absolute atomic E-state index is 12.5. The van der Waals surface area contributed by atoms with E-state index >= 15 is 0 Å². The summed E-state index contributed by atoms with van der Waals surface area (Å²) in [5, 5.41) is 1.92. The monoisotopic (exact) mass is 482 g/mol. The van der Waals surface area contributed by atoms with Gasteiger partial charge >= 0.3 is 0 Å². The van der Waals surface area contributed by atoms with Crippen LogP contribution in [0.25, 0.3) is 21.8 Å². The zero-order chi connectivity index (χ0) is 24.5. The molecule has 0 saturated carbocycles. The van der Waals surface area contributed by atoms with Gasteiger partial charge < -0.3 is 10.7 Å². The molecule has 7 heteroatoms. The summed E-state index contributed by atoms with van der Waals surface area (Å²) in [5.74, 6) is 7.94. The molecule has 0 unspecified atom stereocenters. The Balaban J connectivity index is 1.06. The fourth-order valence-corrected chi connectivity index (χ4v) is 5.89. The second-order valence-electron chi connectivity index (χ2n) is 10.1. The van der Waals surface area contributed by atoms with Gasteiger partial charge in [-0.2, -0.15) is 0 Å². The fraction of sp³-hybridized carbons (Fsp3) is 0.414. The lowest BCUT2D eigenvalue weighted by Crippen LogP contribution is -2.47. The number of aryl methyl sites for hydroxylation is 2. The number of nitrogens with zero attached hydrogens (tertiary/aromatic N) is 5. The first-order valence-electron chi connectivity index (χ1n) is 13.3. The number of para-hydroxylation sites is 2. The van der Waals surface area contributed by atoms with Crippen LogP contribution >= 0.6 is 0 Å². The van der Waals surface area contributed by atoms with E-state index in [1.165, 1.54) is 46.3 Å². The maximum atomic E-state index is 12.5. The van der Waals surface area contributed by atoms with E-state index in [9.17, 15) is 4.79 Å². The first-order valence-corrected chi connectivity index (χ1v) is 13.3. The molecule has 186 valence electrons. The standard InChI is InChI=1S/C29H34N6O/c30-35-27(31-26-14-6-4-12-24(26)29(35)36)15-7-8-16-33-17-19-34(20-18-33)28-23-11-2-1-9-21(23)22-10-3-5-13-25(22)32-28/h3-6,10,12-14H,1-2,7-9,11,15-20,30H2. The van der Waals surface area contributed by atoms with Crippen molar-refractivity contribution in [2.75, 3.05) is 43.5 Å². The van der Waals surface area contributed by atoms with Crippen molar-refractivity contribution in [2.24, 2.45) is 0 Å². The van der Waals surface area contributed by atoms with Crippen molar-refractivity contribution in [3.63, 3.8) is 0 Å². The molecule has 1 aliphatic carbocycles. The molecule has 1 saturated heterocycles. The van der Waals surface area contributed by atoms with E-state index in [-0.39, 0.29) is 5.56 Å². The summed E-state index contributed by atoms with van der Waals surface area (Å²) in [6, 6.07) is 16.0. The lowest BCUT2D eigenvalue weighted by Gasteiger charge is -2.37. The molecule has 36 heavy (non-hydrogen) atoms. The van der Waals surface area contributed by atoms with Crippen molar-refractivity contribution < 1.29 is 0 Å². The lowest BCUT2D eigenvalue weighted by molar-refractivity contribution is 0.252. The van der Waals surface area contributed by atoms with Gasteiger partial charge in [0.05, 0.1) is 16.4 Å². The highest BCUT2D eigenvalue weighted by Gasteiger charge is 2.24. The predicted octanol–water partition coefficient (Wildman–Crippen LogP) is 3.68. The number of aromatic nitrogens is 3. The number of fused-ring (bicyclic) bond motifs is 4. The number of hydrogen-bond acceptors (Lipinski definition) is 6. The predicted molar refractivity (Wildman–Crippen MR) is 146 cm³/mol. The Hall–Kier alpha value is -3.45. The van der Waals surface area contributed by atoms with E-state index in [0.29, 0.717) is 17.6 Å². The smallest absolute Gasteiger partial charge is 0.279 e. The Morgan fingerprint density at radius 2 is 1.44 bits per heavy atom. The molecule has 4 aromatic rings. The molecule has 0 spiro atoms. The number of benzene rings is 2. The Bertz CT molecular complexity index is 1450. The number of piperazine rings is 1. The van der Waals surface area contributed by atoms with Crippen LogP contribution in [0.5, 0.6) is 0 Å². The third kappa shape index (κ3) is 4.32. The summed E-state index contributed by atoms with van der Waals surface area (Å²) in [5.41, 5.74) is 4.71. The number of anilines is 1. The molecule has 6 rings (SSSR count). The maximum Gasteiger partial charge on any atom is 0.279 e. The number of unbranched alkanes of at least 4 members (excludes halogenated alkanes) is 1.